The Morgan fingerprint density at radius 1 is 1.47 bits per heavy atom. The molecule has 0 spiro atoms. The second kappa shape index (κ2) is 5.66. The fourth-order valence-electron chi connectivity index (χ4n) is 1.21. The predicted octanol–water partition coefficient (Wildman–Crippen LogP) is 1.88. The van der Waals surface area contributed by atoms with Gasteiger partial charge in [0.05, 0.1) is 6.07 Å². The third-order valence-corrected chi connectivity index (χ3v) is 2.17. The molecule has 0 radical (unpaired) electrons. The van der Waals surface area contributed by atoms with Gasteiger partial charge in [-0.15, -0.1) is 0 Å². The maximum atomic E-state index is 11.6. The summed E-state index contributed by atoms with van der Waals surface area (Å²) in [4.78, 5) is 24.0. The van der Waals surface area contributed by atoms with Crippen molar-refractivity contribution in [3.63, 3.8) is 0 Å². The van der Waals surface area contributed by atoms with Crippen molar-refractivity contribution >= 4 is 17.5 Å². The van der Waals surface area contributed by atoms with Gasteiger partial charge in [0.1, 0.15) is 6.54 Å². The van der Waals surface area contributed by atoms with Crippen LogP contribution in [0.5, 0.6) is 0 Å². The molecular weight excluding hydrogens is 218 g/mol. The number of nitriles is 1. The van der Waals surface area contributed by atoms with Gasteiger partial charge < -0.3 is 10.2 Å². The molecule has 1 rings (SSSR count). The molecule has 17 heavy (non-hydrogen) atoms. The van der Waals surface area contributed by atoms with Gasteiger partial charge in [-0.25, -0.2) is 4.79 Å². The summed E-state index contributed by atoms with van der Waals surface area (Å²) in [6.07, 6.45) is 0. The fraction of sp³-hybridized carbons (Fsp3) is 0.250. The van der Waals surface area contributed by atoms with Crippen molar-refractivity contribution < 1.29 is 9.59 Å². The highest BCUT2D eigenvalue weighted by Gasteiger charge is 2.08. The second-order valence-electron chi connectivity index (χ2n) is 3.58. The Balaban J connectivity index is 2.75. The van der Waals surface area contributed by atoms with Gasteiger partial charge >= 0.3 is 6.03 Å². The van der Waals surface area contributed by atoms with E-state index in [4.69, 9.17) is 5.26 Å². The van der Waals surface area contributed by atoms with Crippen LogP contribution >= 0.6 is 0 Å². The molecule has 88 valence electrons. The number of nitrogens with zero attached hydrogens (tertiary/aromatic N) is 2. The quantitative estimate of drug-likeness (QED) is 0.637. The first-order chi connectivity index (χ1) is 8.04. The van der Waals surface area contributed by atoms with Crippen LogP contribution in [0.3, 0.4) is 0 Å². The lowest BCUT2D eigenvalue weighted by molar-refractivity contribution is 0.101. The Morgan fingerprint density at radius 2 is 2.18 bits per heavy atom. The Bertz CT molecular complexity index is 477. The minimum Gasteiger partial charge on any atom is -0.314 e. The van der Waals surface area contributed by atoms with E-state index >= 15 is 0 Å². The van der Waals surface area contributed by atoms with E-state index in [-0.39, 0.29) is 18.4 Å². The Morgan fingerprint density at radius 3 is 2.76 bits per heavy atom. The van der Waals surface area contributed by atoms with E-state index in [1.807, 2.05) is 6.07 Å². The smallest absolute Gasteiger partial charge is 0.314 e. The molecule has 0 aliphatic rings. The number of carbonyl (C=O) groups is 2. The van der Waals surface area contributed by atoms with Crippen LogP contribution in [-0.2, 0) is 0 Å². The molecule has 0 bridgehead atoms. The van der Waals surface area contributed by atoms with Crippen LogP contribution in [0.25, 0.3) is 0 Å². The summed E-state index contributed by atoms with van der Waals surface area (Å²) in [6, 6.07) is 8.14. The molecule has 1 aromatic carbocycles. The molecule has 0 unspecified atom stereocenters. The van der Waals surface area contributed by atoms with Gasteiger partial charge in [0.25, 0.3) is 0 Å². The van der Waals surface area contributed by atoms with Crippen LogP contribution in [-0.4, -0.2) is 30.3 Å². The monoisotopic (exact) mass is 231 g/mol. The first-order valence-electron chi connectivity index (χ1n) is 5.04. The second-order valence-corrected chi connectivity index (χ2v) is 3.58. The third-order valence-electron chi connectivity index (χ3n) is 2.17. The summed E-state index contributed by atoms with van der Waals surface area (Å²) >= 11 is 0. The molecular formula is C12H13N3O2. The largest absolute Gasteiger partial charge is 0.322 e. The lowest BCUT2D eigenvalue weighted by Gasteiger charge is -2.14. The highest BCUT2D eigenvalue weighted by molar-refractivity contribution is 5.96. The molecule has 0 atom stereocenters. The number of nitrogens with one attached hydrogen (secondary N) is 1. The zero-order valence-electron chi connectivity index (χ0n) is 9.73. The number of anilines is 1. The number of ketones is 1. The van der Waals surface area contributed by atoms with Crippen molar-refractivity contribution in [2.45, 2.75) is 6.92 Å². The van der Waals surface area contributed by atoms with Crippen LogP contribution in [0.15, 0.2) is 24.3 Å². The third kappa shape index (κ3) is 3.61. The number of benzene rings is 1. The lowest BCUT2D eigenvalue weighted by Crippen LogP contribution is -2.31. The van der Waals surface area contributed by atoms with Crippen molar-refractivity contribution in [1.29, 1.82) is 5.26 Å². The van der Waals surface area contributed by atoms with Gasteiger partial charge in [0.2, 0.25) is 0 Å². The van der Waals surface area contributed by atoms with E-state index in [0.717, 1.165) is 0 Å². The summed E-state index contributed by atoms with van der Waals surface area (Å²) in [6.45, 7) is 1.47. The molecule has 1 aromatic rings. The maximum Gasteiger partial charge on any atom is 0.322 e. The number of hydrogen-bond donors (Lipinski definition) is 1. The molecule has 0 saturated heterocycles. The SMILES string of the molecule is CC(=O)c1cccc(NC(=O)N(C)CC#N)c1. The minimum atomic E-state index is -0.382. The summed E-state index contributed by atoms with van der Waals surface area (Å²) in [5.74, 6) is -0.0634. The average molecular weight is 231 g/mol. The summed E-state index contributed by atoms with van der Waals surface area (Å²) in [5, 5.41) is 11.1. The highest BCUT2D eigenvalue weighted by Crippen LogP contribution is 2.11. The molecule has 2 amide bonds. The number of urea groups is 1. The summed E-state index contributed by atoms with van der Waals surface area (Å²) < 4.78 is 0. The van der Waals surface area contributed by atoms with Gasteiger partial charge in [-0.3, -0.25) is 4.79 Å². The van der Waals surface area contributed by atoms with Crippen LogP contribution in [0.1, 0.15) is 17.3 Å². The average Bonchev–Trinajstić information content (AvgIpc) is 2.29. The summed E-state index contributed by atoms with van der Waals surface area (Å²) in [5.41, 5.74) is 1.07. The van der Waals surface area contributed by atoms with Gasteiger partial charge in [0.15, 0.2) is 5.78 Å². The van der Waals surface area contributed by atoms with E-state index in [0.29, 0.717) is 11.3 Å². The van der Waals surface area contributed by atoms with Gasteiger partial charge in [-0.1, -0.05) is 12.1 Å². The lowest BCUT2D eigenvalue weighted by atomic mass is 10.1. The van der Waals surface area contributed by atoms with E-state index in [1.165, 1.54) is 18.9 Å². The molecule has 0 saturated carbocycles. The van der Waals surface area contributed by atoms with Crippen LogP contribution in [0.4, 0.5) is 10.5 Å². The molecule has 1 N–H and O–H groups in total. The standard InChI is InChI=1S/C12H13N3O2/c1-9(16)10-4-3-5-11(8-10)14-12(17)15(2)7-6-13/h3-5,8H,7H2,1-2H3,(H,14,17). The Labute approximate surface area is 99.6 Å². The predicted molar refractivity (Wildman–Crippen MR) is 63.7 cm³/mol. The van der Waals surface area contributed by atoms with Crippen molar-refractivity contribution in [2.75, 3.05) is 18.9 Å². The van der Waals surface area contributed by atoms with E-state index in [9.17, 15) is 9.59 Å². The molecule has 0 aliphatic carbocycles. The van der Waals surface area contributed by atoms with Crippen molar-refractivity contribution in [2.24, 2.45) is 0 Å². The van der Waals surface area contributed by atoms with Crippen molar-refractivity contribution in [1.82, 2.24) is 4.90 Å². The number of hydrogen-bond acceptors (Lipinski definition) is 3. The first-order valence-corrected chi connectivity index (χ1v) is 5.04. The molecule has 0 aliphatic heterocycles. The van der Waals surface area contributed by atoms with Crippen molar-refractivity contribution in [3.8, 4) is 6.07 Å². The highest BCUT2D eigenvalue weighted by atomic mass is 16.2. The molecule has 0 aromatic heterocycles. The molecule has 0 heterocycles. The van der Waals surface area contributed by atoms with E-state index in [2.05, 4.69) is 5.32 Å². The van der Waals surface area contributed by atoms with Crippen LogP contribution in [0, 0.1) is 11.3 Å². The number of amides is 2. The zero-order valence-corrected chi connectivity index (χ0v) is 9.73. The molecule has 0 fully saturated rings. The topological polar surface area (TPSA) is 73.2 Å². The minimum absolute atomic E-state index is 0.0121. The van der Waals surface area contributed by atoms with E-state index < -0.39 is 0 Å². The van der Waals surface area contributed by atoms with Crippen LogP contribution in [0.2, 0.25) is 0 Å². The molecule has 5 nitrogen and oxygen atoms in total. The van der Waals surface area contributed by atoms with Gasteiger partial charge in [-0.05, 0) is 19.1 Å². The first kappa shape index (κ1) is 12.7. The number of carbonyl (C=O) groups excluding carboxylic acids is 2. The Kier molecular flexibility index (Phi) is 4.23. The normalized spacial score (nSPS) is 9.24. The van der Waals surface area contributed by atoms with Gasteiger partial charge in [-0.2, -0.15) is 5.26 Å². The molecule has 5 heteroatoms. The van der Waals surface area contributed by atoms with Gasteiger partial charge in [0, 0.05) is 18.3 Å². The number of rotatable bonds is 3. The maximum absolute atomic E-state index is 11.6. The van der Waals surface area contributed by atoms with Crippen LogP contribution < -0.4 is 5.32 Å². The zero-order chi connectivity index (χ0) is 12.8. The van der Waals surface area contributed by atoms with Crippen molar-refractivity contribution in [3.05, 3.63) is 29.8 Å². The number of Topliss-reactive ketones (excluding diaryl/α,β-unsaturated/α-hetero) is 1. The van der Waals surface area contributed by atoms with E-state index in [1.54, 1.807) is 24.3 Å². The summed E-state index contributed by atoms with van der Waals surface area (Å²) in [7, 11) is 1.52. The fourth-order valence-corrected chi connectivity index (χ4v) is 1.21. The Hall–Kier alpha value is -2.35.